The van der Waals surface area contributed by atoms with Gasteiger partial charge in [-0.25, -0.2) is 4.79 Å². The van der Waals surface area contributed by atoms with Crippen LogP contribution in [0.1, 0.15) is 83.1 Å². The highest BCUT2D eigenvalue weighted by molar-refractivity contribution is 5.78. The Hall–Kier alpha value is -1.66. The van der Waals surface area contributed by atoms with Crippen molar-refractivity contribution in [2.45, 2.75) is 89.2 Å². The number of carbonyl (C=O) groups is 1. The van der Waals surface area contributed by atoms with Crippen LogP contribution in [0.4, 0.5) is 0 Å². The minimum Gasteiger partial charge on any atom is -0.431 e. The number of hydrogen-bond donors (Lipinski definition) is 2. The summed E-state index contributed by atoms with van der Waals surface area (Å²) in [7, 11) is 0. The van der Waals surface area contributed by atoms with Crippen molar-refractivity contribution in [3.8, 4) is 0 Å². The summed E-state index contributed by atoms with van der Waals surface area (Å²) in [5, 5.41) is 15.4. The smallest absolute Gasteiger partial charge is 0.335 e. The second-order valence-corrected chi connectivity index (χ2v) is 12.6. The molecular formula is C28H40N2O4. The Morgan fingerprint density at radius 1 is 1.03 bits per heavy atom. The van der Waals surface area contributed by atoms with Crippen LogP contribution in [0.2, 0.25) is 0 Å². The Balaban J connectivity index is 1.23. The van der Waals surface area contributed by atoms with Crippen LogP contribution < -0.4 is 10.9 Å². The lowest BCUT2D eigenvalue weighted by Gasteiger charge is -2.64. The molecule has 1 amide bonds. The minimum atomic E-state index is -0.646. The third kappa shape index (κ3) is 3.20. The van der Waals surface area contributed by atoms with Gasteiger partial charge in [0.05, 0.1) is 18.4 Å². The predicted molar refractivity (Wildman–Crippen MR) is 129 cm³/mol. The predicted octanol–water partition coefficient (Wildman–Crippen LogP) is 3.68. The molecule has 8 atom stereocenters. The number of rotatable bonds is 2. The Morgan fingerprint density at radius 3 is 2.65 bits per heavy atom. The van der Waals surface area contributed by atoms with Crippen molar-refractivity contribution in [1.82, 2.24) is 10.2 Å². The highest BCUT2D eigenvalue weighted by Gasteiger charge is 2.67. The van der Waals surface area contributed by atoms with Crippen molar-refractivity contribution < 1.29 is 14.3 Å². The Kier molecular flexibility index (Phi) is 5.31. The summed E-state index contributed by atoms with van der Waals surface area (Å²) in [6.07, 6.45) is 11.5. The summed E-state index contributed by atoms with van der Waals surface area (Å²) in [6.45, 7) is 7.14. The molecule has 0 radical (unpaired) electrons. The van der Waals surface area contributed by atoms with Crippen LogP contribution in [0.25, 0.3) is 0 Å². The maximum atomic E-state index is 12.4. The van der Waals surface area contributed by atoms with Gasteiger partial charge in [0, 0.05) is 30.6 Å². The first-order valence-electron chi connectivity index (χ1n) is 13.6. The molecule has 6 heteroatoms. The molecular weight excluding hydrogens is 428 g/mol. The SMILES string of the molecule is C[C@]12CCC(N3CCNC(=O)C3)C[C@H]1CC[C@@H]1[C@@H]2CC[C@]2(C)[C@@H](c3ccc(=O)oc3)CC[C@]12O. The van der Waals surface area contributed by atoms with E-state index in [-0.39, 0.29) is 28.3 Å². The molecule has 2 heterocycles. The lowest BCUT2D eigenvalue weighted by molar-refractivity contribution is -0.204. The number of amides is 1. The van der Waals surface area contributed by atoms with Crippen molar-refractivity contribution in [2.75, 3.05) is 19.6 Å². The Labute approximate surface area is 202 Å². The Bertz CT molecular complexity index is 1000. The minimum absolute atomic E-state index is 0.171. The number of fused-ring (bicyclic) bond motifs is 5. The first kappa shape index (κ1) is 22.8. The second-order valence-electron chi connectivity index (χ2n) is 12.6. The van der Waals surface area contributed by atoms with Gasteiger partial charge in [-0.1, -0.05) is 13.8 Å². The van der Waals surface area contributed by atoms with Gasteiger partial charge in [-0.05, 0) is 98.5 Å². The van der Waals surface area contributed by atoms with Crippen LogP contribution in [0.3, 0.4) is 0 Å². The topological polar surface area (TPSA) is 82.8 Å². The largest absolute Gasteiger partial charge is 0.431 e. The lowest BCUT2D eigenvalue weighted by Crippen LogP contribution is -2.63. The number of aliphatic hydroxyl groups is 1. The molecule has 1 saturated heterocycles. The fourth-order valence-corrected chi connectivity index (χ4v) is 9.61. The van der Waals surface area contributed by atoms with Gasteiger partial charge in [0.15, 0.2) is 0 Å². The van der Waals surface area contributed by atoms with E-state index in [1.165, 1.54) is 38.2 Å². The van der Waals surface area contributed by atoms with Crippen molar-refractivity contribution in [2.24, 2.45) is 28.6 Å². The summed E-state index contributed by atoms with van der Waals surface area (Å²) in [6, 6.07) is 3.97. The molecule has 1 aliphatic heterocycles. The summed E-state index contributed by atoms with van der Waals surface area (Å²) in [4.78, 5) is 25.9. The maximum Gasteiger partial charge on any atom is 0.335 e. The van der Waals surface area contributed by atoms with E-state index in [0.29, 0.717) is 30.3 Å². The van der Waals surface area contributed by atoms with Crippen molar-refractivity contribution in [1.29, 1.82) is 0 Å². The molecule has 0 aromatic carbocycles. The van der Waals surface area contributed by atoms with Gasteiger partial charge in [0.2, 0.25) is 5.91 Å². The fourth-order valence-electron chi connectivity index (χ4n) is 9.61. The molecule has 6 rings (SSSR count). The Morgan fingerprint density at radius 2 is 1.88 bits per heavy atom. The van der Waals surface area contributed by atoms with Crippen LogP contribution in [-0.2, 0) is 4.79 Å². The van der Waals surface area contributed by atoms with E-state index in [1.807, 2.05) is 6.07 Å². The molecule has 0 spiro atoms. The van der Waals surface area contributed by atoms with Crippen molar-refractivity contribution in [3.63, 3.8) is 0 Å². The van der Waals surface area contributed by atoms with E-state index in [4.69, 9.17) is 4.42 Å². The molecule has 0 bridgehead atoms. The average molecular weight is 469 g/mol. The van der Waals surface area contributed by atoms with Crippen molar-refractivity contribution in [3.05, 3.63) is 34.4 Å². The summed E-state index contributed by atoms with van der Waals surface area (Å²) < 4.78 is 5.22. The van der Waals surface area contributed by atoms with E-state index < -0.39 is 5.60 Å². The average Bonchev–Trinajstić information content (AvgIpc) is 3.10. The highest BCUT2D eigenvalue weighted by atomic mass is 16.4. The maximum absolute atomic E-state index is 12.4. The van der Waals surface area contributed by atoms with Crippen LogP contribution in [0, 0.1) is 28.6 Å². The molecule has 4 saturated carbocycles. The molecule has 5 fully saturated rings. The molecule has 5 aliphatic rings. The van der Waals surface area contributed by atoms with Gasteiger partial charge in [-0.2, -0.15) is 0 Å². The third-order valence-corrected chi connectivity index (χ3v) is 11.5. The number of hydrogen-bond acceptors (Lipinski definition) is 5. The van der Waals surface area contributed by atoms with E-state index in [9.17, 15) is 14.7 Å². The molecule has 4 aliphatic carbocycles. The zero-order valence-electron chi connectivity index (χ0n) is 20.7. The molecule has 1 aromatic heterocycles. The van der Waals surface area contributed by atoms with E-state index in [1.54, 1.807) is 6.26 Å². The standard InChI is InChI=1S/C28H40N2O4/c1-26-10-7-20(30-14-13-29-24(31)16-30)15-19(26)4-5-23-22(26)8-11-27(2)21(9-12-28(23,27)33)18-3-6-25(32)34-17-18/h3,6,17,19-23,33H,4-5,7-16H2,1-2H3,(H,29,31)/t19-,20?,21-,22+,23-,26+,27-,28+/m1/s1. The van der Waals surface area contributed by atoms with Crippen LogP contribution >= 0.6 is 0 Å². The second kappa shape index (κ2) is 7.92. The quantitative estimate of drug-likeness (QED) is 0.692. The number of nitrogens with one attached hydrogen (secondary N) is 1. The lowest BCUT2D eigenvalue weighted by atomic mass is 9.43. The molecule has 1 aromatic rings. The van der Waals surface area contributed by atoms with Gasteiger partial charge >= 0.3 is 5.63 Å². The molecule has 1 unspecified atom stereocenters. The molecule has 34 heavy (non-hydrogen) atoms. The van der Waals surface area contributed by atoms with Gasteiger partial charge < -0.3 is 14.8 Å². The number of carbonyl (C=O) groups excluding carboxylic acids is 1. The zero-order valence-corrected chi connectivity index (χ0v) is 20.7. The van der Waals surface area contributed by atoms with E-state index in [0.717, 1.165) is 44.3 Å². The highest BCUT2D eigenvalue weighted by Crippen LogP contribution is 2.70. The summed E-state index contributed by atoms with van der Waals surface area (Å²) >= 11 is 0. The number of nitrogens with zero attached hydrogens (tertiary/aromatic N) is 1. The van der Waals surface area contributed by atoms with Gasteiger partial charge in [-0.3, -0.25) is 9.69 Å². The van der Waals surface area contributed by atoms with E-state index >= 15 is 0 Å². The number of piperazine rings is 1. The van der Waals surface area contributed by atoms with Crippen LogP contribution in [0.15, 0.2) is 27.6 Å². The monoisotopic (exact) mass is 468 g/mol. The molecule has 6 nitrogen and oxygen atoms in total. The summed E-state index contributed by atoms with van der Waals surface area (Å²) in [5.41, 5.74) is 0.231. The zero-order chi connectivity index (χ0) is 23.7. The van der Waals surface area contributed by atoms with E-state index in [2.05, 4.69) is 24.1 Å². The van der Waals surface area contributed by atoms with Gasteiger partial charge in [-0.15, -0.1) is 0 Å². The van der Waals surface area contributed by atoms with Gasteiger partial charge in [0.25, 0.3) is 0 Å². The van der Waals surface area contributed by atoms with Crippen LogP contribution in [-0.4, -0.2) is 47.2 Å². The first-order chi connectivity index (χ1) is 16.2. The van der Waals surface area contributed by atoms with Crippen molar-refractivity contribution >= 4 is 5.91 Å². The third-order valence-electron chi connectivity index (χ3n) is 11.5. The molecule has 186 valence electrons. The van der Waals surface area contributed by atoms with Gasteiger partial charge in [0.1, 0.15) is 0 Å². The molecule has 2 N–H and O–H groups in total. The normalized spacial score (nSPS) is 46.8. The van der Waals surface area contributed by atoms with Crippen LogP contribution in [0.5, 0.6) is 0 Å². The fraction of sp³-hybridized carbons (Fsp3) is 0.786. The summed E-state index contributed by atoms with van der Waals surface area (Å²) in [5.74, 6) is 2.03. The first-order valence-corrected chi connectivity index (χ1v) is 13.6.